The second-order valence-corrected chi connectivity index (χ2v) is 5.04. The monoisotopic (exact) mass is 282 g/mol. The summed E-state index contributed by atoms with van der Waals surface area (Å²) < 4.78 is 13.5. The van der Waals surface area contributed by atoms with Gasteiger partial charge in [0.15, 0.2) is 0 Å². The van der Waals surface area contributed by atoms with Crippen molar-refractivity contribution in [3.05, 3.63) is 71.2 Å². The van der Waals surface area contributed by atoms with E-state index in [1.807, 2.05) is 25.1 Å². The number of fused-ring (bicyclic) bond motifs is 1. The van der Waals surface area contributed by atoms with Crippen molar-refractivity contribution in [2.75, 3.05) is 0 Å². The first-order chi connectivity index (χ1) is 10.1. The maximum atomic E-state index is 13.5. The van der Waals surface area contributed by atoms with Gasteiger partial charge in [0.05, 0.1) is 5.56 Å². The highest BCUT2D eigenvalue weighted by molar-refractivity contribution is 5.94. The molecule has 0 bridgehead atoms. The molecule has 0 unspecified atom stereocenters. The molecule has 0 fully saturated rings. The first kappa shape index (κ1) is 13.4. The fraction of sp³-hybridized carbons (Fsp3) is 0.118. The molecule has 21 heavy (non-hydrogen) atoms. The summed E-state index contributed by atoms with van der Waals surface area (Å²) in [5, 5.41) is 3.84. The van der Waals surface area contributed by atoms with Crippen LogP contribution in [-0.4, -0.2) is 10.9 Å². The van der Waals surface area contributed by atoms with Crippen molar-refractivity contribution in [2.45, 2.75) is 13.5 Å². The van der Waals surface area contributed by atoms with Crippen molar-refractivity contribution in [3.63, 3.8) is 0 Å². The van der Waals surface area contributed by atoms with E-state index in [0.29, 0.717) is 6.54 Å². The number of carbonyl (C=O) groups is 1. The Labute approximate surface area is 121 Å². The number of benzene rings is 2. The predicted molar refractivity (Wildman–Crippen MR) is 80.6 cm³/mol. The normalized spacial score (nSPS) is 10.8. The molecule has 2 aromatic carbocycles. The Morgan fingerprint density at radius 3 is 2.81 bits per heavy atom. The maximum absolute atomic E-state index is 13.5. The second kappa shape index (κ2) is 5.40. The number of carbonyl (C=O) groups excluding carboxylic acids is 1. The van der Waals surface area contributed by atoms with Crippen LogP contribution in [-0.2, 0) is 6.54 Å². The van der Waals surface area contributed by atoms with Gasteiger partial charge in [0.25, 0.3) is 5.91 Å². The molecule has 1 heterocycles. The van der Waals surface area contributed by atoms with Gasteiger partial charge in [-0.25, -0.2) is 4.39 Å². The maximum Gasteiger partial charge on any atom is 0.254 e. The van der Waals surface area contributed by atoms with Crippen LogP contribution in [0.4, 0.5) is 4.39 Å². The van der Waals surface area contributed by atoms with E-state index in [0.717, 1.165) is 22.2 Å². The van der Waals surface area contributed by atoms with Gasteiger partial charge in [-0.05, 0) is 48.2 Å². The summed E-state index contributed by atoms with van der Waals surface area (Å²) in [6.07, 6.45) is 0. The molecule has 0 aliphatic rings. The zero-order chi connectivity index (χ0) is 14.8. The Balaban J connectivity index is 1.74. The molecule has 4 heteroatoms. The van der Waals surface area contributed by atoms with Crippen LogP contribution in [0.3, 0.4) is 0 Å². The number of aromatic nitrogens is 1. The van der Waals surface area contributed by atoms with Gasteiger partial charge in [0, 0.05) is 17.8 Å². The summed E-state index contributed by atoms with van der Waals surface area (Å²) in [7, 11) is 0. The summed E-state index contributed by atoms with van der Waals surface area (Å²) in [4.78, 5) is 15.2. The predicted octanol–water partition coefficient (Wildman–Crippen LogP) is 3.55. The van der Waals surface area contributed by atoms with Gasteiger partial charge in [0.1, 0.15) is 5.82 Å². The standard InChI is InChI=1S/C17H15FN2O/c1-11-8-13-9-12(6-7-16(13)20-11)10-19-17(21)14-4-2-3-5-15(14)18/h2-9,20H,10H2,1H3,(H,19,21). The molecule has 0 aliphatic carbocycles. The zero-order valence-corrected chi connectivity index (χ0v) is 11.6. The van der Waals surface area contributed by atoms with Crippen LogP contribution >= 0.6 is 0 Å². The Kier molecular flexibility index (Phi) is 3.44. The van der Waals surface area contributed by atoms with Crippen LogP contribution in [0.1, 0.15) is 21.6 Å². The van der Waals surface area contributed by atoms with Crippen molar-refractivity contribution >= 4 is 16.8 Å². The van der Waals surface area contributed by atoms with Gasteiger partial charge in [-0.1, -0.05) is 18.2 Å². The molecule has 0 atom stereocenters. The quantitative estimate of drug-likeness (QED) is 0.758. The molecule has 0 radical (unpaired) electrons. The third-order valence-electron chi connectivity index (χ3n) is 3.39. The lowest BCUT2D eigenvalue weighted by molar-refractivity contribution is 0.0947. The van der Waals surface area contributed by atoms with Crippen molar-refractivity contribution in [3.8, 4) is 0 Å². The van der Waals surface area contributed by atoms with Crippen LogP contribution in [0.15, 0.2) is 48.5 Å². The molecule has 1 amide bonds. The number of H-pyrrole nitrogens is 1. The minimum absolute atomic E-state index is 0.0658. The molecule has 0 saturated heterocycles. The average Bonchev–Trinajstić information content (AvgIpc) is 2.84. The van der Waals surface area contributed by atoms with Crippen LogP contribution in [0.5, 0.6) is 0 Å². The number of rotatable bonds is 3. The number of nitrogens with one attached hydrogen (secondary N) is 2. The smallest absolute Gasteiger partial charge is 0.254 e. The van der Waals surface area contributed by atoms with E-state index in [1.54, 1.807) is 12.1 Å². The SMILES string of the molecule is Cc1cc2cc(CNC(=O)c3ccccc3F)ccc2[nH]1. The van der Waals surface area contributed by atoms with Crippen molar-refractivity contribution < 1.29 is 9.18 Å². The van der Waals surface area contributed by atoms with Crippen LogP contribution in [0.2, 0.25) is 0 Å². The number of aromatic amines is 1. The topological polar surface area (TPSA) is 44.9 Å². The third kappa shape index (κ3) is 2.79. The Bertz CT molecular complexity index is 807. The Morgan fingerprint density at radius 1 is 1.19 bits per heavy atom. The van der Waals surface area contributed by atoms with Gasteiger partial charge >= 0.3 is 0 Å². The fourth-order valence-corrected chi connectivity index (χ4v) is 2.36. The van der Waals surface area contributed by atoms with Crippen molar-refractivity contribution in [1.29, 1.82) is 0 Å². The minimum atomic E-state index is -0.508. The van der Waals surface area contributed by atoms with E-state index >= 15 is 0 Å². The highest BCUT2D eigenvalue weighted by atomic mass is 19.1. The zero-order valence-electron chi connectivity index (χ0n) is 11.6. The molecule has 0 aliphatic heterocycles. The third-order valence-corrected chi connectivity index (χ3v) is 3.39. The number of hydrogen-bond acceptors (Lipinski definition) is 1. The summed E-state index contributed by atoms with van der Waals surface area (Å²) in [6, 6.07) is 14.0. The molecule has 0 spiro atoms. The van der Waals surface area contributed by atoms with Gasteiger partial charge < -0.3 is 10.3 Å². The molecular formula is C17H15FN2O. The Morgan fingerprint density at radius 2 is 2.00 bits per heavy atom. The van der Waals surface area contributed by atoms with Gasteiger partial charge in [0.2, 0.25) is 0 Å². The van der Waals surface area contributed by atoms with Crippen LogP contribution in [0.25, 0.3) is 10.9 Å². The molecule has 106 valence electrons. The number of halogens is 1. The lowest BCUT2D eigenvalue weighted by Crippen LogP contribution is -2.23. The number of hydrogen-bond donors (Lipinski definition) is 2. The molecule has 3 rings (SSSR count). The largest absolute Gasteiger partial charge is 0.359 e. The summed E-state index contributed by atoms with van der Waals surface area (Å²) in [6.45, 7) is 2.37. The molecule has 3 aromatic rings. The number of aryl methyl sites for hydroxylation is 1. The van der Waals surface area contributed by atoms with Crippen molar-refractivity contribution in [1.82, 2.24) is 10.3 Å². The van der Waals surface area contributed by atoms with Gasteiger partial charge in [-0.3, -0.25) is 4.79 Å². The van der Waals surface area contributed by atoms with E-state index in [9.17, 15) is 9.18 Å². The van der Waals surface area contributed by atoms with Gasteiger partial charge in [-0.15, -0.1) is 0 Å². The van der Waals surface area contributed by atoms with E-state index < -0.39 is 11.7 Å². The summed E-state index contributed by atoms with van der Waals surface area (Å²) in [5.41, 5.74) is 3.21. The summed E-state index contributed by atoms with van der Waals surface area (Å²) in [5.74, 6) is -0.912. The van der Waals surface area contributed by atoms with E-state index in [1.165, 1.54) is 12.1 Å². The molecule has 3 nitrogen and oxygen atoms in total. The summed E-state index contributed by atoms with van der Waals surface area (Å²) >= 11 is 0. The highest BCUT2D eigenvalue weighted by Crippen LogP contribution is 2.17. The Hall–Kier alpha value is -2.62. The lowest BCUT2D eigenvalue weighted by atomic mass is 10.1. The first-order valence-electron chi connectivity index (χ1n) is 6.74. The van der Waals surface area contributed by atoms with Crippen LogP contribution in [0, 0.1) is 12.7 Å². The van der Waals surface area contributed by atoms with E-state index in [4.69, 9.17) is 0 Å². The van der Waals surface area contributed by atoms with Crippen LogP contribution < -0.4 is 5.32 Å². The first-order valence-corrected chi connectivity index (χ1v) is 6.74. The second-order valence-electron chi connectivity index (χ2n) is 5.04. The molecule has 2 N–H and O–H groups in total. The molecular weight excluding hydrogens is 267 g/mol. The fourth-order valence-electron chi connectivity index (χ4n) is 2.36. The van der Waals surface area contributed by atoms with E-state index in [2.05, 4.69) is 16.4 Å². The molecule has 0 saturated carbocycles. The van der Waals surface area contributed by atoms with E-state index in [-0.39, 0.29) is 5.56 Å². The molecule has 1 aromatic heterocycles. The average molecular weight is 282 g/mol. The minimum Gasteiger partial charge on any atom is -0.359 e. The van der Waals surface area contributed by atoms with Crippen molar-refractivity contribution in [2.24, 2.45) is 0 Å². The highest BCUT2D eigenvalue weighted by Gasteiger charge is 2.10. The lowest BCUT2D eigenvalue weighted by Gasteiger charge is -2.06. The number of amides is 1. The van der Waals surface area contributed by atoms with Gasteiger partial charge in [-0.2, -0.15) is 0 Å².